The Kier molecular flexibility index (Phi) is 1.90. The van der Waals surface area contributed by atoms with Gasteiger partial charge in [0.05, 0.1) is 19.3 Å². The molecule has 1 aliphatic carbocycles. The van der Waals surface area contributed by atoms with E-state index in [0.29, 0.717) is 5.57 Å². The summed E-state index contributed by atoms with van der Waals surface area (Å²) in [6.07, 6.45) is 4.99. The third kappa shape index (κ3) is 1.10. The molecular weight excluding hydrogens is 210 g/mol. The van der Waals surface area contributed by atoms with E-state index in [-0.39, 0.29) is 30.6 Å². The number of aliphatic hydroxyl groups is 1. The zero-order valence-electron chi connectivity index (χ0n) is 8.84. The third-order valence-electron chi connectivity index (χ3n) is 3.56. The number of methoxy groups -OCH3 is 1. The van der Waals surface area contributed by atoms with Crippen molar-refractivity contribution in [2.45, 2.75) is 11.8 Å². The van der Waals surface area contributed by atoms with Gasteiger partial charge in [-0.05, 0) is 0 Å². The molecule has 0 radical (unpaired) electrons. The highest BCUT2D eigenvalue weighted by atomic mass is 16.5. The van der Waals surface area contributed by atoms with Gasteiger partial charge >= 0.3 is 5.97 Å². The number of nitrogens with one attached hydrogen (secondary N) is 1. The molecule has 16 heavy (non-hydrogen) atoms. The maximum absolute atomic E-state index is 11.6. The summed E-state index contributed by atoms with van der Waals surface area (Å²) in [6.45, 7) is 0.268. The molecule has 3 rings (SSSR count). The van der Waals surface area contributed by atoms with Crippen LogP contribution in [0.5, 0.6) is 0 Å². The summed E-state index contributed by atoms with van der Waals surface area (Å²) < 4.78 is 10.2. The minimum Gasteiger partial charge on any atom is -0.466 e. The Bertz CT molecular complexity index is 403. The molecule has 0 aromatic heterocycles. The van der Waals surface area contributed by atoms with E-state index in [1.165, 1.54) is 7.11 Å². The lowest BCUT2D eigenvalue weighted by molar-refractivity contribution is -0.137. The Morgan fingerprint density at radius 3 is 3.31 bits per heavy atom. The second kappa shape index (κ2) is 3.09. The van der Waals surface area contributed by atoms with Crippen LogP contribution in [-0.2, 0) is 14.3 Å². The lowest BCUT2D eigenvalue weighted by atomic mass is 9.80. The maximum atomic E-state index is 11.6. The molecule has 0 saturated carbocycles. The molecule has 5 nitrogen and oxygen atoms in total. The Hall–Kier alpha value is -1.33. The fourth-order valence-corrected chi connectivity index (χ4v) is 2.76. The minimum atomic E-state index is -0.949. The number of hydrogen-bond donors (Lipinski definition) is 2. The summed E-state index contributed by atoms with van der Waals surface area (Å²) in [5.41, 5.74) is -0.406. The van der Waals surface area contributed by atoms with E-state index in [1.807, 2.05) is 6.08 Å². The van der Waals surface area contributed by atoms with Crippen LogP contribution >= 0.6 is 0 Å². The number of hydrogen-bond acceptors (Lipinski definition) is 5. The van der Waals surface area contributed by atoms with E-state index in [1.54, 1.807) is 12.3 Å². The van der Waals surface area contributed by atoms with Crippen LogP contribution in [0.1, 0.15) is 0 Å². The van der Waals surface area contributed by atoms with Crippen molar-refractivity contribution in [1.29, 1.82) is 0 Å². The van der Waals surface area contributed by atoms with Gasteiger partial charge in [0, 0.05) is 18.0 Å². The van der Waals surface area contributed by atoms with Crippen molar-refractivity contribution in [1.82, 2.24) is 5.32 Å². The first kappa shape index (κ1) is 9.86. The Balaban J connectivity index is 1.98. The normalized spacial score (nSPS) is 43.6. The molecule has 86 valence electrons. The SMILES string of the molecule is COC(=O)C1=CNC2OC[C@@]3(O)C=CC1C23. The molecule has 1 saturated heterocycles. The van der Waals surface area contributed by atoms with Gasteiger partial charge in [-0.2, -0.15) is 0 Å². The van der Waals surface area contributed by atoms with Crippen molar-refractivity contribution >= 4 is 5.97 Å². The van der Waals surface area contributed by atoms with E-state index >= 15 is 0 Å². The van der Waals surface area contributed by atoms with Gasteiger partial charge in [-0.25, -0.2) is 4.79 Å². The van der Waals surface area contributed by atoms with Crippen LogP contribution in [0.25, 0.3) is 0 Å². The van der Waals surface area contributed by atoms with Gasteiger partial charge in [-0.3, -0.25) is 0 Å². The van der Waals surface area contributed by atoms with Crippen molar-refractivity contribution in [3.05, 3.63) is 23.9 Å². The van der Waals surface area contributed by atoms with Crippen molar-refractivity contribution in [3.8, 4) is 0 Å². The summed E-state index contributed by atoms with van der Waals surface area (Å²) in [7, 11) is 1.35. The molecule has 0 spiro atoms. The van der Waals surface area contributed by atoms with Crippen molar-refractivity contribution < 1.29 is 19.4 Å². The smallest absolute Gasteiger partial charge is 0.335 e. The minimum absolute atomic E-state index is 0.119. The van der Waals surface area contributed by atoms with Crippen LogP contribution < -0.4 is 5.32 Å². The number of esters is 1. The number of rotatable bonds is 1. The van der Waals surface area contributed by atoms with Crippen LogP contribution in [0, 0.1) is 11.8 Å². The molecule has 0 amide bonds. The van der Waals surface area contributed by atoms with Gasteiger partial charge in [0.25, 0.3) is 0 Å². The number of ether oxygens (including phenoxy) is 2. The summed E-state index contributed by atoms with van der Waals surface area (Å²) in [4.78, 5) is 11.6. The fourth-order valence-electron chi connectivity index (χ4n) is 2.76. The molecule has 3 unspecified atom stereocenters. The first-order valence-corrected chi connectivity index (χ1v) is 5.23. The Morgan fingerprint density at radius 2 is 2.56 bits per heavy atom. The monoisotopic (exact) mass is 223 g/mol. The van der Waals surface area contributed by atoms with Crippen molar-refractivity contribution in [3.63, 3.8) is 0 Å². The lowest BCUT2D eigenvalue weighted by Gasteiger charge is -2.32. The first-order valence-electron chi connectivity index (χ1n) is 5.23. The third-order valence-corrected chi connectivity index (χ3v) is 3.56. The zero-order valence-corrected chi connectivity index (χ0v) is 8.84. The summed E-state index contributed by atoms with van der Waals surface area (Å²) in [5, 5.41) is 13.3. The van der Waals surface area contributed by atoms with Gasteiger partial charge in [-0.15, -0.1) is 0 Å². The summed E-state index contributed by atoms with van der Waals surface area (Å²) in [5.74, 6) is -0.616. The highest BCUT2D eigenvalue weighted by molar-refractivity contribution is 5.89. The lowest BCUT2D eigenvalue weighted by Crippen LogP contribution is -2.46. The Labute approximate surface area is 92.7 Å². The second-order valence-electron chi connectivity index (χ2n) is 4.39. The molecule has 1 fully saturated rings. The highest BCUT2D eigenvalue weighted by Gasteiger charge is 2.56. The molecule has 5 heteroatoms. The molecule has 0 aromatic rings. The predicted octanol–water partition coefficient (Wildman–Crippen LogP) is -0.464. The average molecular weight is 223 g/mol. The molecule has 2 heterocycles. The van der Waals surface area contributed by atoms with Crippen LogP contribution in [0.2, 0.25) is 0 Å². The fraction of sp³-hybridized carbons (Fsp3) is 0.545. The van der Waals surface area contributed by atoms with Gasteiger partial charge in [0.2, 0.25) is 0 Å². The first-order chi connectivity index (χ1) is 7.65. The highest BCUT2D eigenvalue weighted by Crippen LogP contribution is 2.47. The van der Waals surface area contributed by atoms with Gasteiger partial charge in [-0.1, -0.05) is 12.2 Å². The van der Waals surface area contributed by atoms with Crippen LogP contribution in [-0.4, -0.2) is 36.6 Å². The van der Waals surface area contributed by atoms with Gasteiger partial charge in [0.15, 0.2) is 0 Å². The van der Waals surface area contributed by atoms with Crippen molar-refractivity contribution in [2.75, 3.05) is 13.7 Å². The topological polar surface area (TPSA) is 67.8 Å². The Morgan fingerprint density at radius 1 is 1.75 bits per heavy atom. The quantitative estimate of drug-likeness (QED) is 0.465. The molecule has 0 aromatic carbocycles. The zero-order chi connectivity index (χ0) is 11.3. The number of carbonyl (C=O) groups is 1. The van der Waals surface area contributed by atoms with E-state index < -0.39 is 5.60 Å². The predicted molar refractivity (Wildman–Crippen MR) is 54.0 cm³/mol. The molecule has 2 aliphatic heterocycles. The molecule has 2 N–H and O–H groups in total. The molecule has 0 bridgehead atoms. The standard InChI is InChI=1S/C11H13NO4/c1-15-10(13)7-4-12-9-8-6(7)2-3-11(8,14)5-16-9/h2-4,6,8-9,12,14H,5H2,1H3/t6?,8?,9?,11-/m0/s1. The van der Waals surface area contributed by atoms with E-state index in [2.05, 4.69) is 5.32 Å². The molecule has 3 aliphatic rings. The number of carbonyl (C=O) groups excluding carboxylic acids is 1. The van der Waals surface area contributed by atoms with E-state index in [4.69, 9.17) is 9.47 Å². The van der Waals surface area contributed by atoms with Crippen LogP contribution in [0.15, 0.2) is 23.9 Å². The van der Waals surface area contributed by atoms with E-state index in [0.717, 1.165) is 0 Å². The van der Waals surface area contributed by atoms with Gasteiger partial charge in [0.1, 0.15) is 11.8 Å². The largest absolute Gasteiger partial charge is 0.466 e. The number of allylic oxidation sites excluding steroid dienone is 1. The van der Waals surface area contributed by atoms with Gasteiger partial charge < -0.3 is 19.9 Å². The van der Waals surface area contributed by atoms with Crippen LogP contribution in [0.4, 0.5) is 0 Å². The summed E-state index contributed by atoms with van der Waals surface area (Å²) >= 11 is 0. The average Bonchev–Trinajstić information content (AvgIpc) is 2.81. The van der Waals surface area contributed by atoms with Crippen molar-refractivity contribution in [2.24, 2.45) is 11.8 Å². The maximum Gasteiger partial charge on any atom is 0.335 e. The molecular formula is C11H13NO4. The van der Waals surface area contributed by atoms with Crippen LogP contribution in [0.3, 0.4) is 0 Å². The molecule has 4 atom stereocenters. The van der Waals surface area contributed by atoms with E-state index in [9.17, 15) is 9.90 Å². The summed E-state index contributed by atoms with van der Waals surface area (Å²) in [6, 6.07) is 0. The second-order valence-corrected chi connectivity index (χ2v) is 4.39.